The molecule has 4 fully saturated rings. The second kappa shape index (κ2) is 5.10. The number of carbonyl (C=O) groups excluding carboxylic acids is 1. The van der Waals surface area contributed by atoms with Gasteiger partial charge in [0.05, 0.1) is 0 Å². The number of hydrogen-bond donors (Lipinski definition) is 0. The highest BCUT2D eigenvalue weighted by atomic mass is 16.1. The zero-order valence-corrected chi connectivity index (χ0v) is 13.9. The predicted molar refractivity (Wildman–Crippen MR) is 85.8 cm³/mol. The van der Waals surface area contributed by atoms with Gasteiger partial charge >= 0.3 is 0 Å². The molecule has 0 saturated heterocycles. The van der Waals surface area contributed by atoms with Crippen LogP contribution >= 0.6 is 0 Å². The maximum atomic E-state index is 11.5. The van der Waals surface area contributed by atoms with Crippen LogP contribution in [0.3, 0.4) is 0 Å². The lowest BCUT2D eigenvalue weighted by Gasteiger charge is -2.56. The summed E-state index contributed by atoms with van der Waals surface area (Å²) < 4.78 is 0. The van der Waals surface area contributed by atoms with Crippen LogP contribution in [0.15, 0.2) is 0 Å². The van der Waals surface area contributed by atoms with Crippen LogP contribution in [0.4, 0.5) is 0 Å². The normalized spacial score (nSPS) is 56.2. The first-order valence-electron chi connectivity index (χ1n) is 9.58. The van der Waals surface area contributed by atoms with Gasteiger partial charge in [0.15, 0.2) is 0 Å². The maximum absolute atomic E-state index is 11.5. The fourth-order valence-electron chi connectivity index (χ4n) is 7.35. The van der Waals surface area contributed by atoms with E-state index in [1.807, 2.05) is 0 Å². The molecule has 21 heavy (non-hydrogen) atoms. The summed E-state index contributed by atoms with van der Waals surface area (Å²) in [6, 6.07) is 0. The van der Waals surface area contributed by atoms with E-state index in [-0.39, 0.29) is 0 Å². The van der Waals surface area contributed by atoms with Crippen molar-refractivity contribution in [1.82, 2.24) is 0 Å². The topological polar surface area (TPSA) is 17.1 Å². The van der Waals surface area contributed by atoms with E-state index in [2.05, 4.69) is 13.8 Å². The lowest BCUT2D eigenvalue weighted by molar-refractivity contribution is -0.118. The van der Waals surface area contributed by atoms with E-state index in [1.165, 1.54) is 64.1 Å². The Bertz CT molecular complexity index is 416. The lowest BCUT2D eigenvalue weighted by atomic mass is 9.49. The first-order valence-corrected chi connectivity index (χ1v) is 9.58. The molecule has 8 atom stereocenters. The Morgan fingerprint density at radius 3 is 2.52 bits per heavy atom. The first kappa shape index (κ1) is 14.3. The predicted octanol–water partition coefficient (Wildman–Crippen LogP) is 5.09. The molecule has 1 nitrogen and oxygen atoms in total. The molecule has 4 aliphatic carbocycles. The lowest BCUT2D eigenvalue weighted by Crippen LogP contribution is -2.48. The van der Waals surface area contributed by atoms with Crippen molar-refractivity contribution in [2.75, 3.05) is 0 Å². The van der Waals surface area contributed by atoms with E-state index in [4.69, 9.17) is 0 Å². The van der Waals surface area contributed by atoms with Crippen LogP contribution in [-0.2, 0) is 4.79 Å². The Labute approximate surface area is 130 Å². The molecule has 0 aromatic heterocycles. The molecule has 0 bridgehead atoms. The average Bonchev–Trinajstić information content (AvgIpc) is 2.83. The van der Waals surface area contributed by atoms with Gasteiger partial charge in [0.1, 0.15) is 6.29 Å². The fourth-order valence-corrected chi connectivity index (χ4v) is 7.35. The molecule has 4 unspecified atom stereocenters. The highest BCUT2D eigenvalue weighted by Crippen LogP contribution is 2.63. The van der Waals surface area contributed by atoms with Crippen LogP contribution in [0.2, 0.25) is 0 Å². The van der Waals surface area contributed by atoms with Crippen molar-refractivity contribution in [3.63, 3.8) is 0 Å². The molecule has 1 heteroatoms. The largest absolute Gasteiger partial charge is 0.303 e. The van der Waals surface area contributed by atoms with Crippen LogP contribution in [0, 0.1) is 46.8 Å². The van der Waals surface area contributed by atoms with Crippen molar-refractivity contribution < 1.29 is 4.79 Å². The minimum absolute atomic E-state index is 0.359. The Balaban J connectivity index is 1.56. The molecule has 0 N–H and O–H groups in total. The Hall–Kier alpha value is -0.330. The van der Waals surface area contributed by atoms with Gasteiger partial charge in [0, 0.05) is 5.92 Å². The van der Waals surface area contributed by atoms with Crippen LogP contribution < -0.4 is 0 Å². The first-order chi connectivity index (χ1) is 10.1. The monoisotopic (exact) mass is 288 g/mol. The third-order valence-electron chi connectivity index (χ3n) is 8.45. The van der Waals surface area contributed by atoms with Gasteiger partial charge in [0.25, 0.3) is 0 Å². The third-order valence-corrected chi connectivity index (χ3v) is 8.45. The molecule has 0 aliphatic heterocycles. The summed E-state index contributed by atoms with van der Waals surface area (Å²) in [7, 11) is 0. The Morgan fingerprint density at radius 1 is 0.905 bits per heavy atom. The van der Waals surface area contributed by atoms with Crippen LogP contribution in [-0.4, -0.2) is 6.29 Å². The third kappa shape index (κ3) is 2.05. The van der Waals surface area contributed by atoms with Gasteiger partial charge in [-0.25, -0.2) is 0 Å². The molecule has 0 spiro atoms. The molecule has 4 saturated carbocycles. The summed E-state index contributed by atoms with van der Waals surface area (Å²) in [4.78, 5) is 11.5. The molecule has 4 aliphatic rings. The number of rotatable bonds is 1. The minimum Gasteiger partial charge on any atom is -0.303 e. The molecule has 0 amide bonds. The molecule has 0 aromatic rings. The molecule has 0 aromatic carbocycles. The van der Waals surface area contributed by atoms with Gasteiger partial charge < -0.3 is 4.79 Å². The van der Waals surface area contributed by atoms with Gasteiger partial charge in [-0.2, -0.15) is 0 Å². The summed E-state index contributed by atoms with van der Waals surface area (Å²) in [5.41, 5.74) is 0.359. The summed E-state index contributed by atoms with van der Waals surface area (Å²) in [5.74, 6) is 6.27. The molecule has 118 valence electrons. The van der Waals surface area contributed by atoms with Crippen molar-refractivity contribution in [2.24, 2.45) is 46.8 Å². The standard InChI is InChI=1S/C20H32O/c1-13-3-6-16-14(11-13)4-7-18-17(16)9-10-20(2)15(12-21)5-8-19(18)20/h12-19H,3-11H2,1-2H3/t13?,14-,15?,16+,17?,18-,19?,20-/m1/s1. The minimum atomic E-state index is 0.359. The summed E-state index contributed by atoms with van der Waals surface area (Å²) in [6.45, 7) is 4.92. The van der Waals surface area contributed by atoms with Crippen molar-refractivity contribution in [2.45, 2.75) is 71.6 Å². The van der Waals surface area contributed by atoms with Gasteiger partial charge in [-0.05, 0) is 92.3 Å². The van der Waals surface area contributed by atoms with Crippen LogP contribution in [0.5, 0.6) is 0 Å². The molecular weight excluding hydrogens is 256 g/mol. The van der Waals surface area contributed by atoms with Crippen molar-refractivity contribution >= 4 is 6.29 Å². The van der Waals surface area contributed by atoms with Gasteiger partial charge in [-0.1, -0.05) is 20.3 Å². The second-order valence-corrected chi connectivity index (χ2v) is 9.22. The number of fused-ring (bicyclic) bond motifs is 5. The van der Waals surface area contributed by atoms with E-state index in [1.54, 1.807) is 0 Å². The molecule has 0 radical (unpaired) electrons. The second-order valence-electron chi connectivity index (χ2n) is 9.22. The highest BCUT2D eigenvalue weighted by molar-refractivity contribution is 5.56. The Morgan fingerprint density at radius 2 is 1.71 bits per heavy atom. The van der Waals surface area contributed by atoms with Gasteiger partial charge in [0.2, 0.25) is 0 Å². The SMILES string of the molecule is CC1CC[C@@H]2C3CC[C@]4(C)C(C=O)CCC4[C@@H]3CC[C@@H]2C1. The van der Waals surface area contributed by atoms with Crippen molar-refractivity contribution in [3.8, 4) is 0 Å². The van der Waals surface area contributed by atoms with Crippen LogP contribution in [0.1, 0.15) is 71.6 Å². The number of carbonyl (C=O) groups is 1. The van der Waals surface area contributed by atoms with E-state index < -0.39 is 0 Å². The number of aldehydes is 1. The van der Waals surface area contributed by atoms with E-state index >= 15 is 0 Å². The van der Waals surface area contributed by atoms with E-state index in [0.717, 1.165) is 35.5 Å². The summed E-state index contributed by atoms with van der Waals surface area (Å²) >= 11 is 0. The van der Waals surface area contributed by atoms with Crippen molar-refractivity contribution in [1.29, 1.82) is 0 Å². The maximum Gasteiger partial charge on any atom is 0.123 e. The smallest absolute Gasteiger partial charge is 0.123 e. The van der Waals surface area contributed by atoms with Crippen molar-refractivity contribution in [3.05, 3.63) is 0 Å². The molecule has 4 rings (SSSR count). The molecular formula is C20H32O. The average molecular weight is 288 g/mol. The zero-order valence-electron chi connectivity index (χ0n) is 13.9. The number of hydrogen-bond acceptors (Lipinski definition) is 1. The van der Waals surface area contributed by atoms with Gasteiger partial charge in [-0.15, -0.1) is 0 Å². The zero-order chi connectivity index (χ0) is 14.6. The van der Waals surface area contributed by atoms with E-state index in [9.17, 15) is 4.79 Å². The van der Waals surface area contributed by atoms with Gasteiger partial charge in [-0.3, -0.25) is 0 Å². The fraction of sp³-hybridized carbons (Fsp3) is 0.950. The summed E-state index contributed by atoms with van der Waals surface area (Å²) in [5, 5.41) is 0. The molecule has 0 heterocycles. The summed E-state index contributed by atoms with van der Waals surface area (Å²) in [6.07, 6.45) is 14.0. The van der Waals surface area contributed by atoms with Crippen LogP contribution in [0.25, 0.3) is 0 Å². The van der Waals surface area contributed by atoms with E-state index in [0.29, 0.717) is 11.3 Å². The Kier molecular flexibility index (Phi) is 3.47. The highest BCUT2D eigenvalue weighted by Gasteiger charge is 2.56. The quantitative estimate of drug-likeness (QED) is 0.614.